The Morgan fingerprint density at radius 2 is 1.74 bits per heavy atom. The van der Waals surface area contributed by atoms with E-state index in [1.54, 1.807) is 0 Å². The summed E-state index contributed by atoms with van der Waals surface area (Å²) in [4.78, 5) is 21.9. The van der Waals surface area contributed by atoms with E-state index in [0.717, 1.165) is 42.5 Å². The van der Waals surface area contributed by atoms with Gasteiger partial charge >= 0.3 is 6.18 Å². The lowest BCUT2D eigenvalue weighted by Crippen LogP contribution is -2.13. The number of nitro groups is 1. The van der Waals surface area contributed by atoms with Gasteiger partial charge < -0.3 is 10.4 Å². The van der Waals surface area contributed by atoms with Crippen LogP contribution >= 0.6 is 0 Å². The molecule has 0 saturated carbocycles. The van der Waals surface area contributed by atoms with Crippen LogP contribution in [0.25, 0.3) is 0 Å². The average molecular weight is 326 g/mol. The van der Waals surface area contributed by atoms with Crippen molar-refractivity contribution in [1.29, 1.82) is 0 Å². The van der Waals surface area contributed by atoms with Crippen molar-refractivity contribution in [2.24, 2.45) is 0 Å². The van der Waals surface area contributed by atoms with Crippen LogP contribution in [0.1, 0.15) is 15.9 Å². The summed E-state index contributed by atoms with van der Waals surface area (Å²) in [5.74, 6) is -1.37. The Kier molecular flexibility index (Phi) is 4.21. The van der Waals surface area contributed by atoms with E-state index in [0.29, 0.717) is 0 Å². The van der Waals surface area contributed by atoms with Gasteiger partial charge in [-0.2, -0.15) is 13.2 Å². The summed E-state index contributed by atoms with van der Waals surface area (Å²) in [6.45, 7) is 0. The molecule has 1 amide bonds. The molecule has 23 heavy (non-hydrogen) atoms. The van der Waals surface area contributed by atoms with Crippen molar-refractivity contribution in [1.82, 2.24) is 0 Å². The Labute approximate surface area is 127 Å². The number of aromatic hydroxyl groups is 1. The summed E-state index contributed by atoms with van der Waals surface area (Å²) >= 11 is 0. The third kappa shape index (κ3) is 3.76. The van der Waals surface area contributed by atoms with E-state index < -0.39 is 34.0 Å². The lowest BCUT2D eigenvalue weighted by Gasteiger charge is -2.09. The van der Waals surface area contributed by atoms with Gasteiger partial charge in [0.25, 0.3) is 11.6 Å². The quantitative estimate of drug-likeness (QED) is 0.666. The molecular weight excluding hydrogens is 317 g/mol. The highest BCUT2D eigenvalue weighted by molar-refractivity contribution is 6.06. The van der Waals surface area contributed by atoms with Crippen molar-refractivity contribution in [2.75, 3.05) is 5.32 Å². The number of hydrogen-bond acceptors (Lipinski definition) is 4. The summed E-state index contributed by atoms with van der Waals surface area (Å²) in [6.07, 6.45) is -4.50. The van der Waals surface area contributed by atoms with Crippen LogP contribution in [0.4, 0.5) is 24.5 Å². The van der Waals surface area contributed by atoms with Gasteiger partial charge in [0.05, 0.1) is 16.1 Å². The molecular formula is C14H9F3N2O4. The summed E-state index contributed by atoms with van der Waals surface area (Å²) < 4.78 is 37.3. The van der Waals surface area contributed by atoms with Crippen LogP contribution in [-0.4, -0.2) is 15.9 Å². The van der Waals surface area contributed by atoms with Gasteiger partial charge in [-0.3, -0.25) is 14.9 Å². The molecule has 0 spiro atoms. The Balaban J connectivity index is 2.22. The molecule has 0 bridgehead atoms. The molecule has 0 heterocycles. The number of benzene rings is 2. The maximum Gasteiger partial charge on any atom is 0.416 e. The Morgan fingerprint density at radius 3 is 2.26 bits per heavy atom. The fraction of sp³-hybridized carbons (Fsp3) is 0.0714. The smallest absolute Gasteiger partial charge is 0.416 e. The number of rotatable bonds is 3. The second kappa shape index (κ2) is 5.95. The van der Waals surface area contributed by atoms with E-state index in [-0.39, 0.29) is 11.3 Å². The predicted molar refractivity (Wildman–Crippen MR) is 74.2 cm³/mol. The molecule has 9 heteroatoms. The zero-order chi connectivity index (χ0) is 17.2. The van der Waals surface area contributed by atoms with Crippen molar-refractivity contribution < 1.29 is 28.0 Å². The molecule has 2 aromatic rings. The number of hydrogen-bond donors (Lipinski definition) is 2. The van der Waals surface area contributed by atoms with Crippen molar-refractivity contribution in [3.8, 4) is 5.75 Å². The Bertz CT molecular complexity index is 758. The molecule has 2 aromatic carbocycles. The van der Waals surface area contributed by atoms with Crippen LogP contribution in [0.15, 0.2) is 42.5 Å². The number of non-ortho nitro benzene ring substituents is 1. The molecule has 0 radical (unpaired) electrons. The minimum absolute atomic E-state index is 0.0499. The number of nitrogens with zero attached hydrogens (tertiary/aromatic N) is 1. The van der Waals surface area contributed by atoms with Crippen LogP contribution in [0.5, 0.6) is 5.75 Å². The zero-order valence-electron chi connectivity index (χ0n) is 11.3. The molecule has 0 aromatic heterocycles. The van der Waals surface area contributed by atoms with Gasteiger partial charge in [0.2, 0.25) is 0 Å². The number of carbonyl (C=O) groups excluding carboxylic acids is 1. The van der Waals surface area contributed by atoms with Crippen molar-refractivity contribution in [3.05, 3.63) is 63.7 Å². The molecule has 0 atom stereocenters. The number of phenolic OH excluding ortho intramolecular Hbond substituents is 1. The third-order valence-corrected chi connectivity index (χ3v) is 2.91. The van der Waals surface area contributed by atoms with E-state index in [2.05, 4.69) is 5.32 Å². The van der Waals surface area contributed by atoms with Crippen LogP contribution < -0.4 is 5.32 Å². The normalized spacial score (nSPS) is 11.1. The first-order valence-electron chi connectivity index (χ1n) is 6.14. The van der Waals surface area contributed by atoms with Crippen LogP contribution in [0.2, 0.25) is 0 Å². The summed E-state index contributed by atoms with van der Waals surface area (Å²) in [5, 5.41) is 22.5. The fourth-order valence-electron chi connectivity index (χ4n) is 1.76. The number of nitro benzene ring substituents is 1. The Morgan fingerprint density at radius 1 is 1.13 bits per heavy atom. The minimum atomic E-state index is -4.50. The first-order valence-corrected chi connectivity index (χ1v) is 6.14. The standard InChI is InChI=1S/C14H9F3N2O4/c15-14(16,17)8-1-3-9(4-2-8)18-13(21)11-7-10(19(22)23)5-6-12(11)20/h1-7,20H,(H,18,21). The van der Waals surface area contributed by atoms with E-state index in [1.165, 1.54) is 0 Å². The lowest BCUT2D eigenvalue weighted by molar-refractivity contribution is -0.384. The highest BCUT2D eigenvalue weighted by Gasteiger charge is 2.30. The van der Waals surface area contributed by atoms with Gasteiger partial charge in [0, 0.05) is 17.8 Å². The number of phenols is 1. The third-order valence-electron chi connectivity index (χ3n) is 2.91. The maximum atomic E-state index is 12.4. The predicted octanol–water partition coefficient (Wildman–Crippen LogP) is 3.57. The van der Waals surface area contributed by atoms with Gasteiger partial charge in [-0.15, -0.1) is 0 Å². The molecule has 2 N–H and O–H groups in total. The molecule has 0 fully saturated rings. The van der Waals surface area contributed by atoms with Crippen molar-refractivity contribution in [2.45, 2.75) is 6.18 Å². The van der Waals surface area contributed by atoms with Gasteiger partial charge in [-0.25, -0.2) is 0 Å². The first kappa shape index (κ1) is 16.3. The molecule has 0 unspecified atom stereocenters. The second-order valence-corrected chi connectivity index (χ2v) is 4.49. The SMILES string of the molecule is O=C(Nc1ccc(C(F)(F)F)cc1)c1cc([N+](=O)[O-])ccc1O. The molecule has 0 aliphatic carbocycles. The number of alkyl halides is 3. The van der Waals surface area contributed by atoms with Gasteiger partial charge in [-0.05, 0) is 30.3 Å². The molecule has 6 nitrogen and oxygen atoms in total. The molecule has 120 valence electrons. The molecule has 0 saturated heterocycles. The van der Waals surface area contributed by atoms with E-state index in [1.807, 2.05) is 0 Å². The van der Waals surface area contributed by atoms with Crippen LogP contribution in [0, 0.1) is 10.1 Å². The lowest BCUT2D eigenvalue weighted by atomic mass is 10.1. The summed E-state index contributed by atoms with van der Waals surface area (Å²) in [6, 6.07) is 6.51. The van der Waals surface area contributed by atoms with E-state index in [4.69, 9.17) is 0 Å². The van der Waals surface area contributed by atoms with Crippen molar-refractivity contribution in [3.63, 3.8) is 0 Å². The largest absolute Gasteiger partial charge is 0.507 e. The van der Waals surface area contributed by atoms with Crippen LogP contribution in [-0.2, 0) is 6.18 Å². The summed E-state index contributed by atoms with van der Waals surface area (Å²) in [5.41, 5.74) is -1.60. The topological polar surface area (TPSA) is 92.5 Å². The monoisotopic (exact) mass is 326 g/mol. The fourth-order valence-corrected chi connectivity index (χ4v) is 1.76. The van der Waals surface area contributed by atoms with Gasteiger partial charge in [-0.1, -0.05) is 0 Å². The highest BCUT2D eigenvalue weighted by atomic mass is 19.4. The number of carbonyl (C=O) groups is 1. The number of nitrogens with one attached hydrogen (secondary N) is 1. The summed E-state index contributed by atoms with van der Waals surface area (Å²) in [7, 11) is 0. The van der Waals surface area contributed by atoms with Crippen molar-refractivity contribution >= 4 is 17.3 Å². The van der Waals surface area contributed by atoms with E-state index >= 15 is 0 Å². The maximum absolute atomic E-state index is 12.4. The second-order valence-electron chi connectivity index (χ2n) is 4.49. The molecule has 0 aliphatic rings. The number of amides is 1. The zero-order valence-corrected chi connectivity index (χ0v) is 11.3. The minimum Gasteiger partial charge on any atom is -0.507 e. The Hall–Kier alpha value is -3.10. The average Bonchev–Trinajstić information content (AvgIpc) is 2.47. The molecule has 0 aliphatic heterocycles. The number of halogens is 3. The van der Waals surface area contributed by atoms with Crippen LogP contribution in [0.3, 0.4) is 0 Å². The van der Waals surface area contributed by atoms with E-state index in [9.17, 15) is 33.2 Å². The first-order chi connectivity index (χ1) is 10.7. The number of anilines is 1. The van der Waals surface area contributed by atoms with Gasteiger partial charge in [0.15, 0.2) is 0 Å². The molecule has 2 rings (SSSR count). The highest BCUT2D eigenvalue weighted by Crippen LogP contribution is 2.30. The van der Waals surface area contributed by atoms with Gasteiger partial charge in [0.1, 0.15) is 5.75 Å².